The lowest BCUT2D eigenvalue weighted by Crippen LogP contribution is -2.36. The number of para-hydroxylation sites is 1. The van der Waals surface area contributed by atoms with Gasteiger partial charge in [-0.1, -0.05) is 48.5 Å². The van der Waals surface area contributed by atoms with Crippen LogP contribution in [0.1, 0.15) is 12.5 Å². The molecular formula is C24H20N2O4S. The van der Waals surface area contributed by atoms with Crippen molar-refractivity contribution in [3.8, 4) is 5.75 Å². The highest BCUT2D eigenvalue weighted by molar-refractivity contribution is 8.18. The van der Waals surface area contributed by atoms with Crippen molar-refractivity contribution in [2.24, 2.45) is 0 Å². The van der Waals surface area contributed by atoms with Gasteiger partial charge in [-0.3, -0.25) is 19.3 Å². The Kier molecular flexibility index (Phi) is 6.04. The van der Waals surface area contributed by atoms with E-state index in [0.29, 0.717) is 18.0 Å². The Morgan fingerprint density at radius 1 is 1.03 bits per heavy atom. The van der Waals surface area contributed by atoms with E-state index < -0.39 is 17.1 Å². The number of ether oxygens (including phenoxy) is 1. The Bertz CT molecular complexity index is 1190. The van der Waals surface area contributed by atoms with Crippen LogP contribution in [0, 0.1) is 0 Å². The van der Waals surface area contributed by atoms with Gasteiger partial charge in [-0.15, -0.1) is 0 Å². The maximum Gasteiger partial charge on any atom is 0.294 e. The molecular weight excluding hydrogens is 412 g/mol. The van der Waals surface area contributed by atoms with Gasteiger partial charge in [0.2, 0.25) is 5.91 Å². The number of hydrogen-bond donors (Lipinski definition) is 1. The topological polar surface area (TPSA) is 75.7 Å². The molecule has 3 amide bonds. The minimum atomic E-state index is -0.492. The number of rotatable bonds is 6. The van der Waals surface area contributed by atoms with E-state index >= 15 is 0 Å². The van der Waals surface area contributed by atoms with E-state index in [9.17, 15) is 14.4 Å². The summed E-state index contributed by atoms with van der Waals surface area (Å²) in [5.74, 6) is -0.293. The highest BCUT2D eigenvalue weighted by Crippen LogP contribution is 2.36. The summed E-state index contributed by atoms with van der Waals surface area (Å²) in [5, 5.41) is 4.13. The number of hydrogen-bond acceptors (Lipinski definition) is 5. The summed E-state index contributed by atoms with van der Waals surface area (Å²) < 4.78 is 5.75. The molecule has 0 atom stereocenters. The highest BCUT2D eigenvalue weighted by atomic mass is 32.2. The number of benzene rings is 3. The number of nitrogens with one attached hydrogen (secondary N) is 1. The summed E-state index contributed by atoms with van der Waals surface area (Å²) in [7, 11) is 0. The van der Waals surface area contributed by atoms with Gasteiger partial charge in [0.15, 0.2) is 0 Å². The van der Waals surface area contributed by atoms with E-state index in [1.54, 1.807) is 30.3 Å². The van der Waals surface area contributed by atoms with Gasteiger partial charge in [0.1, 0.15) is 12.3 Å². The smallest absolute Gasteiger partial charge is 0.294 e. The molecule has 0 radical (unpaired) electrons. The summed E-state index contributed by atoms with van der Waals surface area (Å²) in [6, 6.07) is 20.5. The van der Waals surface area contributed by atoms with Gasteiger partial charge in [-0.2, -0.15) is 0 Å². The lowest BCUT2D eigenvalue weighted by molar-refractivity contribution is -0.127. The Balaban J connectivity index is 1.60. The number of thioether (sulfide) groups is 1. The van der Waals surface area contributed by atoms with Crippen LogP contribution >= 0.6 is 11.8 Å². The zero-order chi connectivity index (χ0) is 21.8. The molecule has 6 nitrogen and oxygen atoms in total. The summed E-state index contributed by atoms with van der Waals surface area (Å²) in [5.41, 5.74) is 1.34. The average Bonchev–Trinajstić information content (AvgIpc) is 3.03. The van der Waals surface area contributed by atoms with Crippen LogP contribution in [-0.4, -0.2) is 35.1 Å². The number of nitrogens with zero attached hydrogens (tertiary/aromatic N) is 1. The van der Waals surface area contributed by atoms with E-state index in [0.717, 1.165) is 33.0 Å². The predicted molar refractivity (Wildman–Crippen MR) is 123 cm³/mol. The summed E-state index contributed by atoms with van der Waals surface area (Å²) in [6.45, 7) is 2.02. The van der Waals surface area contributed by atoms with Crippen molar-refractivity contribution in [1.82, 2.24) is 4.90 Å². The molecule has 1 fully saturated rings. The molecule has 0 spiro atoms. The lowest BCUT2D eigenvalue weighted by Gasteiger charge is -2.13. The Labute approximate surface area is 183 Å². The van der Waals surface area contributed by atoms with Crippen LogP contribution in [0.25, 0.3) is 16.8 Å². The van der Waals surface area contributed by atoms with Crippen molar-refractivity contribution in [1.29, 1.82) is 0 Å². The van der Waals surface area contributed by atoms with Crippen LogP contribution in [0.15, 0.2) is 71.6 Å². The first kappa shape index (κ1) is 20.7. The molecule has 0 unspecified atom stereocenters. The monoisotopic (exact) mass is 432 g/mol. The number of anilines is 1. The lowest BCUT2D eigenvalue weighted by atomic mass is 10.0. The van der Waals surface area contributed by atoms with E-state index in [4.69, 9.17) is 4.74 Å². The molecule has 3 aromatic carbocycles. The van der Waals surface area contributed by atoms with E-state index in [1.807, 2.05) is 49.4 Å². The predicted octanol–water partition coefficient (Wildman–Crippen LogP) is 4.91. The molecule has 0 bridgehead atoms. The van der Waals surface area contributed by atoms with E-state index in [2.05, 4.69) is 5.32 Å². The van der Waals surface area contributed by atoms with Gasteiger partial charge < -0.3 is 10.1 Å². The number of carbonyl (C=O) groups is 3. The standard InChI is InChI=1S/C24H20N2O4S/c1-2-30-20-13-12-16-8-6-7-11-18(16)19(20)14-21-23(28)26(24(29)31-21)15-22(27)25-17-9-4-3-5-10-17/h3-14H,2,15H2,1H3,(H,25,27)/b21-14-. The van der Waals surface area contributed by atoms with Crippen molar-refractivity contribution in [2.75, 3.05) is 18.5 Å². The average molecular weight is 433 g/mol. The fraction of sp³-hybridized carbons (Fsp3) is 0.125. The fourth-order valence-corrected chi connectivity index (χ4v) is 4.16. The summed E-state index contributed by atoms with van der Waals surface area (Å²) in [4.78, 5) is 38.9. The quantitative estimate of drug-likeness (QED) is 0.560. The van der Waals surface area contributed by atoms with E-state index in [1.165, 1.54) is 0 Å². The second kappa shape index (κ2) is 9.06. The number of carbonyl (C=O) groups excluding carboxylic acids is 3. The van der Waals surface area contributed by atoms with Crippen molar-refractivity contribution in [3.63, 3.8) is 0 Å². The maximum absolute atomic E-state index is 12.9. The molecule has 1 aliphatic rings. The Hall–Kier alpha value is -3.58. The van der Waals surface area contributed by atoms with Crippen LogP contribution < -0.4 is 10.1 Å². The van der Waals surface area contributed by atoms with E-state index in [-0.39, 0.29) is 11.4 Å². The minimum absolute atomic E-state index is 0.259. The molecule has 0 aromatic heterocycles. The van der Waals surface area contributed by atoms with Gasteiger partial charge in [-0.25, -0.2) is 0 Å². The first-order chi connectivity index (χ1) is 15.1. The molecule has 4 rings (SSSR count). The largest absolute Gasteiger partial charge is 0.493 e. The van der Waals surface area contributed by atoms with Gasteiger partial charge in [-0.05, 0) is 53.7 Å². The molecule has 156 valence electrons. The fourth-order valence-electron chi connectivity index (χ4n) is 3.34. The van der Waals surface area contributed by atoms with Crippen LogP contribution in [0.2, 0.25) is 0 Å². The van der Waals surface area contributed by atoms with Crippen molar-refractivity contribution < 1.29 is 19.1 Å². The third-order valence-electron chi connectivity index (χ3n) is 4.74. The molecule has 3 aromatic rings. The van der Waals surface area contributed by atoms with Crippen molar-refractivity contribution in [2.45, 2.75) is 6.92 Å². The maximum atomic E-state index is 12.9. The number of imide groups is 1. The molecule has 0 aliphatic carbocycles. The third kappa shape index (κ3) is 4.46. The van der Waals surface area contributed by atoms with Gasteiger partial charge >= 0.3 is 0 Å². The molecule has 1 heterocycles. The molecule has 1 saturated heterocycles. The van der Waals surface area contributed by atoms with Crippen molar-refractivity contribution in [3.05, 3.63) is 77.2 Å². The molecule has 0 saturated carbocycles. The van der Waals surface area contributed by atoms with Crippen molar-refractivity contribution >= 4 is 51.4 Å². The first-order valence-corrected chi connectivity index (χ1v) is 10.6. The molecule has 7 heteroatoms. The molecule has 31 heavy (non-hydrogen) atoms. The second-order valence-corrected chi connectivity index (χ2v) is 7.81. The van der Waals surface area contributed by atoms with Crippen LogP contribution in [0.4, 0.5) is 10.5 Å². The summed E-state index contributed by atoms with van der Waals surface area (Å²) in [6.07, 6.45) is 1.67. The zero-order valence-corrected chi connectivity index (χ0v) is 17.6. The zero-order valence-electron chi connectivity index (χ0n) is 16.8. The normalized spacial score (nSPS) is 15.0. The number of amides is 3. The first-order valence-electron chi connectivity index (χ1n) is 9.81. The van der Waals surface area contributed by atoms with Crippen LogP contribution in [0.3, 0.4) is 0 Å². The van der Waals surface area contributed by atoms with Gasteiger partial charge in [0.05, 0.1) is 11.5 Å². The van der Waals surface area contributed by atoms with Gasteiger partial charge in [0, 0.05) is 11.3 Å². The third-order valence-corrected chi connectivity index (χ3v) is 5.65. The van der Waals surface area contributed by atoms with Crippen LogP contribution in [-0.2, 0) is 9.59 Å². The summed E-state index contributed by atoms with van der Waals surface area (Å²) >= 11 is 0.823. The SMILES string of the molecule is CCOc1ccc2ccccc2c1/C=C1\SC(=O)N(CC(=O)Nc2ccccc2)C1=O. The second-order valence-electron chi connectivity index (χ2n) is 6.81. The minimum Gasteiger partial charge on any atom is -0.493 e. The highest BCUT2D eigenvalue weighted by Gasteiger charge is 2.36. The van der Waals surface area contributed by atoms with Crippen LogP contribution in [0.5, 0.6) is 5.75 Å². The Morgan fingerprint density at radius 2 is 1.77 bits per heavy atom. The Morgan fingerprint density at radius 3 is 2.55 bits per heavy atom. The molecule has 1 N–H and O–H groups in total. The van der Waals surface area contributed by atoms with Gasteiger partial charge in [0.25, 0.3) is 11.1 Å². The molecule has 1 aliphatic heterocycles. The number of fused-ring (bicyclic) bond motifs is 1.